The standard InChI is InChI=1S/C21H28N6O2/c1-3-22-21(28)23-16-6-4-15(5-7-16)19-24-18-14-26(2)9-8-17(18)20(25-19)27-10-12-29-13-11-27/h4-7H,3,8-14H2,1-2H3,(H2,22,23,28). The van der Waals surface area contributed by atoms with Gasteiger partial charge in [-0.25, -0.2) is 14.8 Å². The largest absolute Gasteiger partial charge is 0.378 e. The minimum absolute atomic E-state index is 0.206. The van der Waals surface area contributed by atoms with Gasteiger partial charge in [0.05, 0.1) is 18.9 Å². The van der Waals surface area contributed by atoms with Crippen LogP contribution >= 0.6 is 0 Å². The molecule has 2 aliphatic rings. The third-order valence-corrected chi connectivity index (χ3v) is 5.28. The summed E-state index contributed by atoms with van der Waals surface area (Å²) in [6.45, 7) is 7.50. The molecule has 0 unspecified atom stereocenters. The fraction of sp³-hybridized carbons (Fsp3) is 0.476. The van der Waals surface area contributed by atoms with Crippen molar-refractivity contribution in [2.24, 2.45) is 0 Å². The number of fused-ring (bicyclic) bond motifs is 1. The molecule has 29 heavy (non-hydrogen) atoms. The molecule has 8 heteroatoms. The van der Waals surface area contributed by atoms with Crippen LogP contribution in [0.4, 0.5) is 16.3 Å². The van der Waals surface area contributed by atoms with Gasteiger partial charge in [-0.3, -0.25) is 0 Å². The van der Waals surface area contributed by atoms with E-state index in [1.54, 1.807) is 0 Å². The first kappa shape index (κ1) is 19.6. The summed E-state index contributed by atoms with van der Waals surface area (Å²) in [5, 5.41) is 5.55. The molecule has 3 heterocycles. The van der Waals surface area contributed by atoms with Gasteiger partial charge in [0.15, 0.2) is 5.82 Å². The Morgan fingerprint density at radius 2 is 1.90 bits per heavy atom. The maximum Gasteiger partial charge on any atom is 0.319 e. The number of amides is 2. The number of anilines is 2. The summed E-state index contributed by atoms with van der Waals surface area (Å²) >= 11 is 0. The molecular formula is C21H28N6O2. The summed E-state index contributed by atoms with van der Waals surface area (Å²) in [5.41, 5.74) is 4.06. The molecule has 2 aliphatic heterocycles. The van der Waals surface area contributed by atoms with Gasteiger partial charge >= 0.3 is 6.03 Å². The van der Waals surface area contributed by atoms with E-state index in [0.29, 0.717) is 6.54 Å². The molecule has 2 N–H and O–H groups in total. The van der Waals surface area contributed by atoms with Gasteiger partial charge in [-0.05, 0) is 44.7 Å². The lowest BCUT2D eigenvalue weighted by molar-refractivity contribution is 0.122. The number of aromatic nitrogens is 2. The van der Waals surface area contributed by atoms with Crippen molar-refractivity contribution in [2.45, 2.75) is 19.9 Å². The summed E-state index contributed by atoms with van der Waals surface area (Å²) < 4.78 is 5.53. The molecule has 0 aliphatic carbocycles. The molecular weight excluding hydrogens is 368 g/mol. The highest BCUT2D eigenvalue weighted by Gasteiger charge is 2.25. The number of benzene rings is 1. The second-order valence-electron chi connectivity index (χ2n) is 7.45. The van der Waals surface area contributed by atoms with E-state index in [1.807, 2.05) is 31.2 Å². The Hall–Kier alpha value is -2.71. The average molecular weight is 396 g/mol. The summed E-state index contributed by atoms with van der Waals surface area (Å²) in [4.78, 5) is 26.2. The Morgan fingerprint density at radius 3 is 2.62 bits per heavy atom. The normalized spacial score (nSPS) is 17.0. The van der Waals surface area contributed by atoms with Crippen molar-refractivity contribution in [1.29, 1.82) is 0 Å². The van der Waals surface area contributed by atoms with Gasteiger partial charge in [-0.15, -0.1) is 0 Å². The molecule has 1 aromatic heterocycles. The summed E-state index contributed by atoms with van der Waals surface area (Å²) in [6, 6.07) is 7.47. The van der Waals surface area contributed by atoms with Gasteiger partial charge in [-0.1, -0.05) is 0 Å². The maximum absolute atomic E-state index is 11.7. The van der Waals surface area contributed by atoms with Crippen molar-refractivity contribution in [3.05, 3.63) is 35.5 Å². The molecule has 0 atom stereocenters. The van der Waals surface area contributed by atoms with Crippen LogP contribution in [0, 0.1) is 0 Å². The quantitative estimate of drug-likeness (QED) is 0.824. The van der Waals surface area contributed by atoms with Crippen LogP contribution in [0.1, 0.15) is 18.2 Å². The number of hydrogen-bond donors (Lipinski definition) is 2. The average Bonchev–Trinajstić information content (AvgIpc) is 2.74. The Balaban J connectivity index is 1.64. The minimum Gasteiger partial charge on any atom is -0.378 e. The minimum atomic E-state index is -0.206. The van der Waals surface area contributed by atoms with Gasteiger partial charge in [0.2, 0.25) is 0 Å². The fourth-order valence-corrected chi connectivity index (χ4v) is 3.75. The highest BCUT2D eigenvalue weighted by Crippen LogP contribution is 2.30. The third-order valence-electron chi connectivity index (χ3n) is 5.28. The SMILES string of the molecule is CCNC(=O)Nc1ccc(-c2nc3c(c(N4CCOCC4)n2)CCN(C)C3)cc1. The first-order chi connectivity index (χ1) is 14.1. The Morgan fingerprint density at radius 1 is 1.14 bits per heavy atom. The lowest BCUT2D eigenvalue weighted by Gasteiger charge is -2.33. The highest BCUT2D eigenvalue weighted by atomic mass is 16.5. The number of rotatable bonds is 4. The molecule has 1 fully saturated rings. The highest BCUT2D eigenvalue weighted by molar-refractivity contribution is 5.89. The predicted molar refractivity (Wildman–Crippen MR) is 113 cm³/mol. The van der Waals surface area contributed by atoms with Crippen molar-refractivity contribution in [3.8, 4) is 11.4 Å². The van der Waals surface area contributed by atoms with E-state index >= 15 is 0 Å². The molecule has 1 saturated heterocycles. The number of carbonyl (C=O) groups excluding carboxylic acids is 1. The zero-order valence-corrected chi connectivity index (χ0v) is 17.1. The number of hydrogen-bond acceptors (Lipinski definition) is 6. The smallest absolute Gasteiger partial charge is 0.319 e. The molecule has 0 radical (unpaired) electrons. The van der Waals surface area contributed by atoms with E-state index < -0.39 is 0 Å². The van der Waals surface area contributed by atoms with E-state index in [0.717, 1.165) is 74.4 Å². The number of carbonyl (C=O) groups is 1. The van der Waals surface area contributed by atoms with Crippen LogP contribution in [0.2, 0.25) is 0 Å². The summed E-state index contributed by atoms with van der Waals surface area (Å²) in [5.74, 6) is 1.77. The molecule has 4 rings (SSSR count). The van der Waals surface area contributed by atoms with Crippen LogP contribution in [0.3, 0.4) is 0 Å². The molecule has 0 saturated carbocycles. The number of likely N-dealkylation sites (N-methyl/N-ethyl adjacent to an activating group) is 1. The van der Waals surface area contributed by atoms with E-state index in [9.17, 15) is 4.79 Å². The van der Waals surface area contributed by atoms with E-state index in [-0.39, 0.29) is 6.03 Å². The first-order valence-electron chi connectivity index (χ1n) is 10.2. The first-order valence-corrected chi connectivity index (χ1v) is 10.2. The van der Waals surface area contributed by atoms with Crippen molar-refractivity contribution < 1.29 is 9.53 Å². The lowest BCUT2D eigenvalue weighted by atomic mass is 10.0. The predicted octanol–water partition coefficient (Wildman–Crippen LogP) is 2.11. The van der Waals surface area contributed by atoms with Crippen LogP contribution in [0.15, 0.2) is 24.3 Å². The van der Waals surface area contributed by atoms with Gasteiger partial charge < -0.3 is 25.2 Å². The number of nitrogens with one attached hydrogen (secondary N) is 2. The van der Waals surface area contributed by atoms with Crippen LogP contribution in [0.25, 0.3) is 11.4 Å². The topological polar surface area (TPSA) is 82.6 Å². The van der Waals surface area contributed by atoms with Crippen molar-refractivity contribution in [1.82, 2.24) is 20.2 Å². The zero-order valence-electron chi connectivity index (χ0n) is 17.1. The third kappa shape index (κ3) is 4.49. The second-order valence-corrected chi connectivity index (χ2v) is 7.45. The van der Waals surface area contributed by atoms with Crippen molar-refractivity contribution in [2.75, 3.05) is 56.7 Å². The molecule has 2 amide bonds. The van der Waals surface area contributed by atoms with Gasteiger partial charge in [0.1, 0.15) is 5.82 Å². The molecule has 0 spiro atoms. The van der Waals surface area contributed by atoms with Crippen LogP contribution < -0.4 is 15.5 Å². The van der Waals surface area contributed by atoms with Gasteiger partial charge in [-0.2, -0.15) is 0 Å². The fourth-order valence-electron chi connectivity index (χ4n) is 3.75. The number of urea groups is 1. The van der Waals surface area contributed by atoms with Gasteiger partial charge in [0.25, 0.3) is 0 Å². The van der Waals surface area contributed by atoms with E-state index in [2.05, 4.69) is 27.5 Å². The molecule has 154 valence electrons. The van der Waals surface area contributed by atoms with Crippen LogP contribution in [0.5, 0.6) is 0 Å². The van der Waals surface area contributed by atoms with Crippen LogP contribution in [-0.2, 0) is 17.7 Å². The number of morpholine rings is 1. The summed E-state index contributed by atoms with van der Waals surface area (Å²) in [6.07, 6.45) is 0.966. The number of ether oxygens (including phenoxy) is 1. The van der Waals surface area contributed by atoms with E-state index in [4.69, 9.17) is 14.7 Å². The molecule has 0 bridgehead atoms. The zero-order chi connectivity index (χ0) is 20.2. The van der Waals surface area contributed by atoms with Crippen molar-refractivity contribution in [3.63, 3.8) is 0 Å². The Bertz CT molecular complexity index is 864. The Labute approximate surface area is 171 Å². The van der Waals surface area contributed by atoms with E-state index in [1.165, 1.54) is 5.56 Å². The van der Waals surface area contributed by atoms with Crippen molar-refractivity contribution >= 4 is 17.5 Å². The number of nitrogens with zero attached hydrogens (tertiary/aromatic N) is 4. The monoisotopic (exact) mass is 396 g/mol. The Kier molecular flexibility index (Phi) is 5.92. The summed E-state index contributed by atoms with van der Waals surface area (Å²) in [7, 11) is 2.13. The van der Waals surface area contributed by atoms with Crippen LogP contribution in [-0.4, -0.2) is 67.3 Å². The molecule has 8 nitrogen and oxygen atoms in total. The lowest BCUT2D eigenvalue weighted by Crippen LogP contribution is -2.39. The molecule has 1 aromatic carbocycles. The van der Waals surface area contributed by atoms with Gasteiger partial charge in [0, 0.05) is 49.5 Å². The second kappa shape index (κ2) is 8.75. The maximum atomic E-state index is 11.7. The molecule has 2 aromatic rings.